The minimum Gasteiger partial charge on any atom is -0.312 e. The second-order valence-electron chi connectivity index (χ2n) is 6.77. The second kappa shape index (κ2) is 4.79. The van der Waals surface area contributed by atoms with Crippen molar-refractivity contribution in [2.75, 3.05) is 11.4 Å². The third kappa shape index (κ3) is 2.07. The first-order valence-electron chi connectivity index (χ1n) is 7.93. The van der Waals surface area contributed by atoms with Gasteiger partial charge < -0.3 is 4.90 Å². The first kappa shape index (κ1) is 13.2. The summed E-state index contributed by atoms with van der Waals surface area (Å²) in [5, 5.41) is 0. The van der Waals surface area contributed by atoms with Crippen LogP contribution >= 0.6 is 0 Å². The fraction of sp³-hybridized carbons (Fsp3) is 0.588. The highest BCUT2D eigenvalue weighted by molar-refractivity contribution is 5.96. The molecule has 0 radical (unpaired) electrons. The quantitative estimate of drug-likeness (QED) is 0.773. The van der Waals surface area contributed by atoms with E-state index in [2.05, 4.69) is 0 Å². The highest BCUT2D eigenvalue weighted by Crippen LogP contribution is 2.49. The molecule has 3 atom stereocenters. The van der Waals surface area contributed by atoms with E-state index >= 15 is 0 Å². The largest absolute Gasteiger partial charge is 0.312 e. The first-order chi connectivity index (χ1) is 10.1. The maximum absolute atomic E-state index is 13.6. The van der Waals surface area contributed by atoms with Crippen LogP contribution in [0.3, 0.4) is 0 Å². The van der Waals surface area contributed by atoms with E-state index in [1.165, 1.54) is 25.0 Å². The Morgan fingerprint density at radius 3 is 2.67 bits per heavy atom. The summed E-state index contributed by atoms with van der Waals surface area (Å²) < 4.78 is 26.9. The lowest BCUT2D eigenvalue weighted by molar-refractivity contribution is -0.124. The molecule has 0 aromatic heterocycles. The Bertz CT molecular complexity index is 601. The van der Waals surface area contributed by atoms with Crippen molar-refractivity contribution in [2.24, 2.45) is 17.8 Å². The van der Waals surface area contributed by atoms with Crippen molar-refractivity contribution in [1.29, 1.82) is 0 Å². The fourth-order valence-corrected chi connectivity index (χ4v) is 4.55. The smallest absolute Gasteiger partial charge is 0.230 e. The van der Waals surface area contributed by atoms with Crippen LogP contribution in [-0.4, -0.2) is 12.5 Å². The van der Waals surface area contributed by atoms with E-state index < -0.39 is 11.6 Å². The van der Waals surface area contributed by atoms with E-state index in [9.17, 15) is 13.6 Å². The van der Waals surface area contributed by atoms with Crippen molar-refractivity contribution in [3.8, 4) is 0 Å². The van der Waals surface area contributed by atoms with Gasteiger partial charge in [0.1, 0.15) is 0 Å². The molecule has 4 heteroatoms. The van der Waals surface area contributed by atoms with Gasteiger partial charge in [0.2, 0.25) is 5.91 Å². The number of hydrogen-bond donors (Lipinski definition) is 0. The van der Waals surface area contributed by atoms with Gasteiger partial charge in [-0.15, -0.1) is 0 Å². The van der Waals surface area contributed by atoms with Crippen LogP contribution < -0.4 is 4.90 Å². The monoisotopic (exact) mass is 291 g/mol. The van der Waals surface area contributed by atoms with Gasteiger partial charge in [0.05, 0.1) is 0 Å². The van der Waals surface area contributed by atoms with Crippen LogP contribution in [0.25, 0.3) is 0 Å². The Hall–Kier alpha value is -1.45. The minimum absolute atomic E-state index is 0.0998. The van der Waals surface area contributed by atoms with E-state index in [4.69, 9.17) is 0 Å². The summed E-state index contributed by atoms with van der Waals surface area (Å²) >= 11 is 0. The molecule has 0 unspecified atom stereocenters. The summed E-state index contributed by atoms with van der Waals surface area (Å²) in [4.78, 5) is 14.6. The maximum Gasteiger partial charge on any atom is 0.230 e. The van der Waals surface area contributed by atoms with E-state index in [1.54, 1.807) is 4.90 Å². The molecule has 1 aromatic rings. The predicted molar refractivity (Wildman–Crippen MR) is 76.0 cm³/mol. The molecular weight excluding hydrogens is 272 g/mol. The molecular formula is C17H19F2NO. The van der Waals surface area contributed by atoms with Crippen molar-refractivity contribution in [2.45, 2.75) is 38.5 Å². The summed E-state index contributed by atoms with van der Waals surface area (Å²) in [6, 6.07) is 2.46. The number of aryl methyl sites for hydroxylation is 1. The average Bonchev–Trinajstić information content (AvgIpc) is 3.10. The number of halogens is 2. The normalized spacial score (nSPS) is 30.6. The number of rotatable bonds is 1. The minimum atomic E-state index is -0.860. The molecule has 1 amide bonds. The molecule has 2 nitrogen and oxygen atoms in total. The van der Waals surface area contributed by atoms with Crippen molar-refractivity contribution >= 4 is 11.6 Å². The zero-order valence-corrected chi connectivity index (χ0v) is 11.9. The molecule has 3 aliphatic rings. The molecule has 112 valence electrons. The Morgan fingerprint density at radius 2 is 1.95 bits per heavy atom. The van der Waals surface area contributed by atoms with Crippen molar-refractivity contribution in [3.05, 3.63) is 29.3 Å². The zero-order valence-electron chi connectivity index (χ0n) is 11.9. The topological polar surface area (TPSA) is 20.3 Å². The average molecular weight is 291 g/mol. The van der Waals surface area contributed by atoms with Gasteiger partial charge in [-0.1, -0.05) is 6.42 Å². The van der Waals surface area contributed by atoms with Crippen LogP contribution in [-0.2, 0) is 11.2 Å². The number of carbonyl (C=O) groups is 1. The first-order valence-corrected chi connectivity index (χ1v) is 7.93. The lowest BCUT2D eigenvalue weighted by atomic mass is 9.87. The highest BCUT2D eigenvalue weighted by atomic mass is 19.2. The molecule has 1 aliphatic heterocycles. The number of fused-ring (bicyclic) bond motifs is 3. The molecule has 4 rings (SSSR count). The van der Waals surface area contributed by atoms with Crippen molar-refractivity contribution in [1.82, 2.24) is 0 Å². The predicted octanol–water partition coefficient (Wildman–Crippen LogP) is 3.68. The molecule has 0 saturated heterocycles. The van der Waals surface area contributed by atoms with Crippen LogP contribution in [0.5, 0.6) is 0 Å². The molecule has 2 fully saturated rings. The molecule has 1 heterocycles. The number of anilines is 1. The van der Waals surface area contributed by atoms with E-state index in [1.807, 2.05) is 0 Å². The summed E-state index contributed by atoms with van der Waals surface area (Å²) in [5.41, 5.74) is 1.35. The summed E-state index contributed by atoms with van der Waals surface area (Å²) in [7, 11) is 0. The summed E-state index contributed by atoms with van der Waals surface area (Å²) in [6.45, 7) is 0.630. The molecule has 2 saturated carbocycles. The molecule has 2 bridgehead atoms. The van der Waals surface area contributed by atoms with Crippen LogP contribution in [0.2, 0.25) is 0 Å². The molecule has 0 spiro atoms. The number of carbonyl (C=O) groups excluding carboxylic acids is 1. The van der Waals surface area contributed by atoms with Gasteiger partial charge in [-0.05, 0) is 55.6 Å². The molecule has 21 heavy (non-hydrogen) atoms. The van der Waals surface area contributed by atoms with E-state index in [0.29, 0.717) is 30.5 Å². The summed E-state index contributed by atoms with van der Waals surface area (Å²) in [5.74, 6) is -0.224. The van der Waals surface area contributed by atoms with Crippen molar-refractivity contribution < 1.29 is 13.6 Å². The number of nitrogens with zero attached hydrogens (tertiary/aromatic N) is 1. The van der Waals surface area contributed by atoms with Gasteiger partial charge in [-0.3, -0.25) is 4.79 Å². The van der Waals surface area contributed by atoms with Gasteiger partial charge in [-0.25, -0.2) is 8.78 Å². The standard InChI is InChI=1S/C17H19F2NO/c18-14-8-12-2-1-5-20(16(12)9-15(14)19)17(21)13-7-10-3-4-11(13)6-10/h8-11,13H,1-7H2/t10-,11-,13+/m0/s1. The third-order valence-electron chi connectivity index (χ3n) is 5.56. The lowest BCUT2D eigenvalue weighted by Crippen LogP contribution is -2.41. The van der Waals surface area contributed by atoms with Crippen molar-refractivity contribution in [3.63, 3.8) is 0 Å². The lowest BCUT2D eigenvalue weighted by Gasteiger charge is -2.33. The van der Waals surface area contributed by atoms with E-state index in [0.717, 1.165) is 24.8 Å². The van der Waals surface area contributed by atoms with Crippen LogP contribution in [0, 0.1) is 29.4 Å². The Labute approximate surface area is 123 Å². The number of benzene rings is 1. The fourth-order valence-electron chi connectivity index (χ4n) is 4.55. The molecule has 0 N–H and O–H groups in total. The summed E-state index contributed by atoms with van der Waals surface area (Å²) in [6.07, 6.45) is 6.11. The third-order valence-corrected chi connectivity index (χ3v) is 5.56. The maximum atomic E-state index is 13.6. The van der Waals surface area contributed by atoms with Crippen LogP contribution in [0.15, 0.2) is 12.1 Å². The molecule has 2 aliphatic carbocycles. The second-order valence-corrected chi connectivity index (χ2v) is 6.77. The number of hydrogen-bond acceptors (Lipinski definition) is 1. The SMILES string of the molecule is O=C([C@@H]1C[C@H]2CC[C@H]1C2)N1CCCc2cc(F)c(F)cc21. The van der Waals surface area contributed by atoms with Gasteiger partial charge >= 0.3 is 0 Å². The Kier molecular flexibility index (Phi) is 3.02. The molecule has 1 aromatic carbocycles. The van der Waals surface area contributed by atoms with E-state index in [-0.39, 0.29) is 11.8 Å². The van der Waals surface area contributed by atoms with Crippen LogP contribution in [0.1, 0.15) is 37.7 Å². The van der Waals surface area contributed by atoms with Gasteiger partial charge in [0.15, 0.2) is 11.6 Å². The van der Waals surface area contributed by atoms with Crippen LogP contribution in [0.4, 0.5) is 14.5 Å². The van der Waals surface area contributed by atoms with Gasteiger partial charge in [-0.2, -0.15) is 0 Å². The highest BCUT2D eigenvalue weighted by Gasteiger charge is 2.45. The number of amides is 1. The van der Waals surface area contributed by atoms with Gasteiger partial charge in [0, 0.05) is 24.2 Å². The van der Waals surface area contributed by atoms with Gasteiger partial charge in [0.25, 0.3) is 0 Å². The Balaban J connectivity index is 1.65. The Morgan fingerprint density at radius 1 is 1.14 bits per heavy atom. The zero-order chi connectivity index (χ0) is 14.6.